The minimum atomic E-state index is -0.123. The third-order valence-electron chi connectivity index (χ3n) is 1.10. The van der Waals surface area contributed by atoms with Crippen molar-refractivity contribution in [3.05, 3.63) is 18.5 Å². The van der Waals surface area contributed by atoms with E-state index in [0.717, 1.165) is 0 Å². The molecule has 0 aromatic carbocycles. The number of amides is 1. The molecule has 0 fully saturated rings. The molecule has 1 rings (SSSR count). The molecule has 1 aromatic rings. The summed E-state index contributed by atoms with van der Waals surface area (Å²) in [5.74, 6) is -0.123. The maximum atomic E-state index is 10.6. The number of hydrogen-bond donors (Lipinski definition) is 1. The molecule has 1 aromatic heterocycles. The quantitative estimate of drug-likeness (QED) is 0.409. The molecule has 0 atom stereocenters. The van der Waals surface area contributed by atoms with Gasteiger partial charge >= 0.3 is 29.6 Å². The predicted octanol–water partition coefficient (Wildman–Crippen LogP) is -2.05. The molecule has 3 nitrogen and oxygen atoms in total. The summed E-state index contributed by atoms with van der Waals surface area (Å²) in [6.07, 6.45) is 3.11. The van der Waals surface area contributed by atoms with Crippen LogP contribution in [0.15, 0.2) is 23.4 Å². The maximum Gasteiger partial charge on any atom is 1.00 e. The number of aromatic nitrogens is 1. The van der Waals surface area contributed by atoms with E-state index < -0.39 is 0 Å². The van der Waals surface area contributed by atoms with Crippen molar-refractivity contribution in [1.29, 1.82) is 0 Å². The summed E-state index contributed by atoms with van der Waals surface area (Å²) in [5, 5.41) is 2.59. The monoisotopic (exact) mass is 190 g/mol. The standard InChI is InChI=1S/C7H8N2OS.Na/c1-5(10)9-6-2-3-8-4-7(6)11;/h2-4,11H,1H3,(H,8,9,10);/q;+1/p-1. The van der Waals surface area contributed by atoms with Crippen LogP contribution in [0.1, 0.15) is 6.92 Å². The van der Waals surface area contributed by atoms with Crippen LogP contribution in [0.2, 0.25) is 0 Å². The zero-order chi connectivity index (χ0) is 8.27. The molecule has 0 unspecified atom stereocenters. The van der Waals surface area contributed by atoms with E-state index >= 15 is 0 Å². The number of anilines is 1. The smallest absolute Gasteiger partial charge is 0.776 e. The van der Waals surface area contributed by atoms with Crippen LogP contribution in [0.4, 0.5) is 5.69 Å². The van der Waals surface area contributed by atoms with Gasteiger partial charge in [-0.2, -0.15) is 0 Å². The summed E-state index contributed by atoms with van der Waals surface area (Å²) < 4.78 is 0. The van der Waals surface area contributed by atoms with Gasteiger partial charge in [-0.05, 0) is 6.07 Å². The first-order valence-electron chi connectivity index (χ1n) is 3.09. The van der Waals surface area contributed by atoms with Crippen LogP contribution in [-0.4, -0.2) is 10.9 Å². The summed E-state index contributed by atoms with van der Waals surface area (Å²) in [7, 11) is 0. The predicted molar refractivity (Wildman–Crippen MR) is 44.2 cm³/mol. The molecule has 0 saturated heterocycles. The number of carbonyl (C=O) groups excluding carboxylic acids is 1. The summed E-state index contributed by atoms with van der Waals surface area (Å²) in [4.78, 5) is 14.9. The van der Waals surface area contributed by atoms with E-state index in [1.54, 1.807) is 12.3 Å². The van der Waals surface area contributed by atoms with Crippen molar-refractivity contribution in [2.75, 3.05) is 5.32 Å². The fraction of sp³-hybridized carbons (Fsp3) is 0.143. The fourth-order valence-electron chi connectivity index (χ4n) is 0.673. The fourth-order valence-corrected chi connectivity index (χ4v) is 0.853. The molecule has 58 valence electrons. The minimum Gasteiger partial charge on any atom is -0.776 e. The number of rotatable bonds is 1. The summed E-state index contributed by atoms with van der Waals surface area (Å²) in [6.45, 7) is 1.44. The minimum absolute atomic E-state index is 0. The Hall–Kier alpha value is -0.160. The molecular weight excluding hydrogens is 183 g/mol. The Morgan fingerprint density at radius 3 is 2.83 bits per heavy atom. The van der Waals surface area contributed by atoms with Crippen molar-refractivity contribution in [3.63, 3.8) is 0 Å². The van der Waals surface area contributed by atoms with Crippen molar-refractivity contribution < 1.29 is 34.4 Å². The van der Waals surface area contributed by atoms with Gasteiger partial charge < -0.3 is 17.9 Å². The van der Waals surface area contributed by atoms with E-state index in [0.29, 0.717) is 10.6 Å². The van der Waals surface area contributed by atoms with Crippen LogP contribution >= 0.6 is 0 Å². The van der Waals surface area contributed by atoms with Gasteiger partial charge in [0.2, 0.25) is 5.91 Å². The van der Waals surface area contributed by atoms with Gasteiger partial charge in [0.1, 0.15) is 0 Å². The van der Waals surface area contributed by atoms with Gasteiger partial charge in [-0.15, -0.1) is 4.90 Å². The van der Waals surface area contributed by atoms with Crippen LogP contribution in [0.5, 0.6) is 0 Å². The summed E-state index contributed by atoms with van der Waals surface area (Å²) in [6, 6.07) is 1.67. The first-order chi connectivity index (χ1) is 5.20. The van der Waals surface area contributed by atoms with Gasteiger partial charge in [0.25, 0.3) is 0 Å². The largest absolute Gasteiger partial charge is 1.00 e. The Bertz CT molecular complexity index is 280. The number of carbonyl (C=O) groups is 1. The van der Waals surface area contributed by atoms with Crippen molar-refractivity contribution >= 4 is 24.2 Å². The topological polar surface area (TPSA) is 42.0 Å². The molecule has 0 spiro atoms. The zero-order valence-electron chi connectivity index (χ0n) is 7.00. The van der Waals surface area contributed by atoms with E-state index in [1.807, 2.05) is 0 Å². The Kier molecular flexibility index (Phi) is 5.41. The van der Waals surface area contributed by atoms with Crippen LogP contribution < -0.4 is 34.9 Å². The molecular formula is C7H7N2NaOS. The van der Waals surface area contributed by atoms with Crippen LogP contribution in [0.3, 0.4) is 0 Å². The first-order valence-corrected chi connectivity index (χ1v) is 3.49. The molecule has 12 heavy (non-hydrogen) atoms. The Morgan fingerprint density at radius 1 is 1.67 bits per heavy atom. The van der Waals surface area contributed by atoms with Crippen molar-refractivity contribution in [2.45, 2.75) is 11.8 Å². The van der Waals surface area contributed by atoms with Crippen molar-refractivity contribution in [3.8, 4) is 0 Å². The normalized spacial score (nSPS) is 8.42. The van der Waals surface area contributed by atoms with E-state index in [2.05, 4.69) is 10.3 Å². The molecule has 5 heteroatoms. The Labute approximate surface area is 98.7 Å². The Morgan fingerprint density at radius 2 is 2.33 bits per heavy atom. The molecule has 0 aliphatic heterocycles. The molecule has 1 heterocycles. The van der Waals surface area contributed by atoms with Crippen LogP contribution in [-0.2, 0) is 17.4 Å². The SMILES string of the molecule is CC(=O)Nc1ccncc1[S-].[Na+]. The second-order valence-electron chi connectivity index (χ2n) is 2.05. The molecule has 0 bridgehead atoms. The molecule has 0 aliphatic carbocycles. The van der Waals surface area contributed by atoms with Crippen LogP contribution in [0, 0.1) is 0 Å². The van der Waals surface area contributed by atoms with Gasteiger partial charge in [-0.25, -0.2) is 0 Å². The molecule has 1 amide bonds. The number of nitrogens with zero attached hydrogens (tertiary/aromatic N) is 1. The molecule has 0 aliphatic rings. The second-order valence-corrected chi connectivity index (χ2v) is 2.49. The van der Waals surface area contributed by atoms with Gasteiger partial charge in [0.15, 0.2) is 0 Å². The maximum absolute atomic E-state index is 10.6. The third-order valence-corrected chi connectivity index (χ3v) is 1.42. The molecule has 0 saturated carbocycles. The number of hydrogen-bond acceptors (Lipinski definition) is 3. The number of nitrogens with one attached hydrogen (secondary N) is 1. The third kappa shape index (κ3) is 3.49. The van der Waals surface area contributed by atoms with Gasteiger partial charge in [0, 0.05) is 25.0 Å². The summed E-state index contributed by atoms with van der Waals surface area (Å²) >= 11 is 4.89. The van der Waals surface area contributed by atoms with E-state index in [-0.39, 0.29) is 35.5 Å². The van der Waals surface area contributed by atoms with Gasteiger partial charge in [-0.3, -0.25) is 9.78 Å². The second kappa shape index (κ2) is 5.48. The van der Waals surface area contributed by atoms with Gasteiger partial charge in [-0.1, -0.05) is 0 Å². The summed E-state index contributed by atoms with van der Waals surface area (Å²) in [5.41, 5.74) is 0.641. The van der Waals surface area contributed by atoms with E-state index in [4.69, 9.17) is 12.6 Å². The number of pyridine rings is 1. The van der Waals surface area contributed by atoms with Gasteiger partial charge in [0.05, 0.1) is 0 Å². The van der Waals surface area contributed by atoms with Crippen molar-refractivity contribution in [1.82, 2.24) is 4.98 Å². The first kappa shape index (κ1) is 11.8. The van der Waals surface area contributed by atoms with E-state index in [1.165, 1.54) is 13.1 Å². The zero-order valence-corrected chi connectivity index (χ0v) is 9.81. The Balaban J connectivity index is 0.00000121. The average molecular weight is 190 g/mol. The average Bonchev–Trinajstić information content (AvgIpc) is 1.93. The van der Waals surface area contributed by atoms with Crippen LogP contribution in [0.25, 0.3) is 0 Å². The molecule has 0 radical (unpaired) electrons. The molecule has 1 N–H and O–H groups in total. The van der Waals surface area contributed by atoms with E-state index in [9.17, 15) is 4.79 Å². The van der Waals surface area contributed by atoms with Crippen molar-refractivity contribution in [2.24, 2.45) is 0 Å².